The van der Waals surface area contributed by atoms with Gasteiger partial charge in [0.2, 0.25) is 0 Å². The lowest BCUT2D eigenvalue weighted by atomic mass is 9.92. The Labute approximate surface area is 169 Å². The van der Waals surface area contributed by atoms with E-state index in [2.05, 4.69) is 29.1 Å². The Hall–Kier alpha value is -1.18. The summed E-state index contributed by atoms with van der Waals surface area (Å²) in [5, 5.41) is 3.45. The molecule has 0 bridgehead atoms. The summed E-state index contributed by atoms with van der Waals surface area (Å²) in [6.45, 7) is 9.49. The molecule has 1 aliphatic rings. The number of hydrogen-bond acceptors (Lipinski definition) is 3. The van der Waals surface area contributed by atoms with Gasteiger partial charge in [-0.05, 0) is 37.3 Å². The van der Waals surface area contributed by atoms with E-state index in [1.807, 2.05) is 38.2 Å². The van der Waals surface area contributed by atoms with Crippen LogP contribution in [0.4, 0.5) is 0 Å². The van der Waals surface area contributed by atoms with Gasteiger partial charge >= 0.3 is 0 Å². The molecule has 1 N–H and O–H groups in total. The van der Waals surface area contributed by atoms with E-state index in [9.17, 15) is 0 Å². The maximum atomic E-state index is 6.00. The third-order valence-corrected chi connectivity index (χ3v) is 4.33. The van der Waals surface area contributed by atoms with Gasteiger partial charge in [-0.1, -0.05) is 26.0 Å². The summed E-state index contributed by atoms with van der Waals surface area (Å²) >= 11 is 0. The quantitative estimate of drug-likeness (QED) is 0.413. The molecule has 0 amide bonds. The van der Waals surface area contributed by atoms with E-state index < -0.39 is 0 Å². The molecule has 2 rings (SSSR count). The van der Waals surface area contributed by atoms with Crippen LogP contribution in [0.15, 0.2) is 29.3 Å². The van der Waals surface area contributed by atoms with E-state index in [1.54, 1.807) is 7.11 Å². The first kappa shape index (κ1) is 21.9. The summed E-state index contributed by atoms with van der Waals surface area (Å²) in [4.78, 5) is 6.80. The Balaban J connectivity index is 0.00000312. The van der Waals surface area contributed by atoms with Crippen LogP contribution in [0, 0.1) is 11.8 Å². The molecule has 0 aromatic heterocycles. The molecule has 1 heterocycles. The van der Waals surface area contributed by atoms with Crippen molar-refractivity contribution < 1.29 is 9.47 Å². The van der Waals surface area contributed by atoms with Crippen molar-refractivity contribution in [2.75, 3.05) is 33.8 Å². The lowest BCUT2D eigenvalue weighted by Gasteiger charge is -2.37. The number of aliphatic imine (C=N–C) groups is 1. The van der Waals surface area contributed by atoms with Crippen LogP contribution in [0.5, 0.6) is 11.5 Å². The highest BCUT2D eigenvalue weighted by atomic mass is 127. The first-order chi connectivity index (χ1) is 11.5. The van der Waals surface area contributed by atoms with Crippen LogP contribution in [0.2, 0.25) is 0 Å². The molecule has 142 valence electrons. The molecule has 0 aliphatic carbocycles. The number of ether oxygens (including phenoxy) is 2. The molecule has 1 fully saturated rings. The third kappa shape index (κ3) is 6.56. The van der Waals surface area contributed by atoms with Crippen LogP contribution in [0.25, 0.3) is 0 Å². The van der Waals surface area contributed by atoms with Crippen LogP contribution in [0.3, 0.4) is 0 Å². The highest BCUT2D eigenvalue weighted by Gasteiger charge is 2.24. The van der Waals surface area contributed by atoms with Crippen molar-refractivity contribution in [1.82, 2.24) is 10.2 Å². The number of likely N-dealkylation sites (tertiary alicyclic amines) is 1. The maximum Gasteiger partial charge on any atom is 0.193 e. The van der Waals surface area contributed by atoms with E-state index in [-0.39, 0.29) is 30.1 Å². The van der Waals surface area contributed by atoms with Crippen LogP contribution in [0.1, 0.15) is 27.2 Å². The molecule has 0 saturated carbocycles. The van der Waals surface area contributed by atoms with E-state index in [0.29, 0.717) is 18.4 Å². The SMILES string of the molecule is CN=C(NCC(C)Oc1ccccc1OC)N1CC(C)CC(C)C1.I. The number of nitrogens with one attached hydrogen (secondary N) is 1. The molecular weight excluding hydrogens is 429 g/mol. The molecule has 5 nitrogen and oxygen atoms in total. The third-order valence-electron chi connectivity index (χ3n) is 4.33. The van der Waals surface area contributed by atoms with Gasteiger partial charge in [-0.2, -0.15) is 0 Å². The molecule has 0 spiro atoms. The van der Waals surface area contributed by atoms with Crippen LogP contribution < -0.4 is 14.8 Å². The predicted molar refractivity (Wildman–Crippen MR) is 114 cm³/mol. The number of guanidine groups is 1. The van der Waals surface area contributed by atoms with E-state index in [0.717, 1.165) is 30.5 Å². The fraction of sp³-hybridized carbons (Fsp3) is 0.632. The molecule has 1 aromatic carbocycles. The molecule has 6 heteroatoms. The Bertz CT molecular complexity index is 543. The van der Waals surface area contributed by atoms with Crippen molar-refractivity contribution in [2.24, 2.45) is 16.8 Å². The average molecular weight is 461 g/mol. The van der Waals surface area contributed by atoms with E-state index >= 15 is 0 Å². The Morgan fingerprint density at radius 3 is 2.40 bits per heavy atom. The highest BCUT2D eigenvalue weighted by molar-refractivity contribution is 14.0. The number of para-hydroxylation sites is 2. The minimum Gasteiger partial charge on any atom is -0.493 e. The smallest absolute Gasteiger partial charge is 0.193 e. The minimum atomic E-state index is 0. The predicted octanol–water partition coefficient (Wildman–Crippen LogP) is 3.63. The average Bonchev–Trinajstić information content (AvgIpc) is 2.55. The zero-order valence-corrected chi connectivity index (χ0v) is 18.3. The molecule has 1 aromatic rings. The number of methoxy groups -OCH3 is 1. The molecule has 0 radical (unpaired) electrons. The van der Waals surface area contributed by atoms with Gasteiger partial charge in [-0.25, -0.2) is 0 Å². The Kier molecular flexibility index (Phi) is 9.38. The summed E-state index contributed by atoms with van der Waals surface area (Å²) in [5.74, 6) is 3.89. The van der Waals surface area contributed by atoms with Crippen molar-refractivity contribution in [3.63, 3.8) is 0 Å². The highest BCUT2D eigenvalue weighted by Crippen LogP contribution is 2.26. The molecule has 3 atom stereocenters. The summed E-state index contributed by atoms with van der Waals surface area (Å²) in [7, 11) is 3.50. The second kappa shape index (κ2) is 10.7. The van der Waals surface area contributed by atoms with Gasteiger partial charge in [0.05, 0.1) is 13.7 Å². The van der Waals surface area contributed by atoms with Crippen molar-refractivity contribution in [3.05, 3.63) is 24.3 Å². The zero-order chi connectivity index (χ0) is 17.5. The first-order valence-corrected chi connectivity index (χ1v) is 8.78. The Morgan fingerprint density at radius 2 is 1.84 bits per heavy atom. The second-order valence-corrected chi connectivity index (χ2v) is 6.86. The zero-order valence-electron chi connectivity index (χ0n) is 16.0. The van der Waals surface area contributed by atoms with Gasteiger partial charge in [0.1, 0.15) is 6.10 Å². The van der Waals surface area contributed by atoms with Crippen molar-refractivity contribution in [3.8, 4) is 11.5 Å². The fourth-order valence-corrected chi connectivity index (χ4v) is 3.38. The first-order valence-electron chi connectivity index (χ1n) is 8.78. The van der Waals surface area contributed by atoms with Gasteiger partial charge in [-0.3, -0.25) is 4.99 Å². The number of rotatable bonds is 5. The second-order valence-electron chi connectivity index (χ2n) is 6.86. The van der Waals surface area contributed by atoms with Crippen LogP contribution in [-0.4, -0.2) is 50.8 Å². The summed E-state index contributed by atoms with van der Waals surface area (Å²) in [6.07, 6.45) is 1.30. The number of piperidine rings is 1. The van der Waals surface area contributed by atoms with Crippen LogP contribution >= 0.6 is 24.0 Å². The van der Waals surface area contributed by atoms with Gasteiger partial charge in [0, 0.05) is 20.1 Å². The lowest BCUT2D eigenvalue weighted by Crippen LogP contribution is -2.50. The standard InChI is InChI=1S/C19H31N3O2.HI/c1-14-10-15(2)13-22(12-14)19(20-4)21-11-16(3)24-18-9-7-6-8-17(18)23-5;/h6-9,14-16H,10-13H2,1-5H3,(H,20,21);1H. The molecule has 1 saturated heterocycles. The summed E-state index contributed by atoms with van der Waals surface area (Å²) < 4.78 is 11.3. The van der Waals surface area contributed by atoms with Gasteiger partial charge in [0.15, 0.2) is 17.5 Å². The largest absolute Gasteiger partial charge is 0.493 e. The van der Waals surface area contributed by atoms with Gasteiger partial charge in [-0.15, -0.1) is 24.0 Å². The van der Waals surface area contributed by atoms with Gasteiger partial charge < -0.3 is 19.7 Å². The number of benzene rings is 1. The summed E-state index contributed by atoms with van der Waals surface area (Å²) in [5.41, 5.74) is 0. The maximum absolute atomic E-state index is 6.00. The van der Waals surface area contributed by atoms with E-state index in [1.165, 1.54) is 6.42 Å². The molecular formula is C19H32IN3O2. The monoisotopic (exact) mass is 461 g/mol. The van der Waals surface area contributed by atoms with E-state index in [4.69, 9.17) is 9.47 Å². The fourth-order valence-electron chi connectivity index (χ4n) is 3.38. The van der Waals surface area contributed by atoms with Gasteiger partial charge in [0.25, 0.3) is 0 Å². The molecule has 1 aliphatic heterocycles. The lowest BCUT2D eigenvalue weighted by molar-refractivity contribution is 0.196. The number of hydrogen-bond donors (Lipinski definition) is 1. The normalized spacial score (nSPS) is 22.0. The Morgan fingerprint density at radius 1 is 1.24 bits per heavy atom. The van der Waals surface area contributed by atoms with Crippen molar-refractivity contribution in [2.45, 2.75) is 33.3 Å². The number of nitrogens with zero attached hydrogens (tertiary/aromatic N) is 2. The van der Waals surface area contributed by atoms with Crippen molar-refractivity contribution >= 4 is 29.9 Å². The topological polar surface area (TPSA) is 46.1 Å². The van der Waals surface area contributed by atoms with Crippen LogP contribution in [-0.2, 0) is 0 Å². The molecule has 25 heavy (non-hydrogen) atoms. The minimum absolute atomic E-state index is 0. The van der Waals surface area contributed by atoms with Crippen molar-refractivity contribution in [1.29, 1.82) is 0 Å². The summed E-state index contributed by atoms with van der Waals surface area (Å²) in [6, 6.07) is 7.73. The number of halogens is 1. The molecule has 3 unspecified atom stereocenters.